The molecule has 0 aromatic carbocycles. The van der Waals surface area contributed by atoms with Crippen molar-refractivity contribution in [3.05, 3.63) is 22.8 Å². The van der Waals surface area contributed by atoms with Crippen molar-refractivity contribution in [1.82, 2.24) is 15.3 Å². The Kier molecular flexibility index (Phi) is 3.69. The molecule has 4 heteroatoms. The van der Waals surface area contributed by atoms with E-state index in [1.54, 1.807) is 0 Å². The minimum absolute atomic E-state index is 0.415. The van der Waals surface area contributed by atoms with Crippen molar-refractivity contribution in [2.75, 3.05) is 6.61 Å². The predicted octanol–water partition coefficient (Wildman–Crippen LogP) is 2.47. The van der Waals surface area contributed by atoms with Crippen LogP contribution in [0.2, 0.25) is 0 Å². The molecule has 0 fully saturated rings. The van der Waals surface area contributed by atoms with Crippen LogP contribution in [0.15, 0.2) is 0 Å². The summed E-state index contributed by atoms with van der Waals surface area (Å²) in [6.07, 6.45) is 0. The van der Waals surface area contributed by atoms with E-state index in [9.17, 15) is 0 Å². The van der Waals surface area contributed by atoms with E-state index in [0.29, 0.717) is 12.5 Å². The highest BCUT2D eigenvalue weighted by Crippen LogP contribution is 2.28. The molecule has 1 aliphatic heterocycles. The molecule has 4 nitrogen and oxygen atoms in total. The van der Waals surface area contributed by atoms with Gasteiger partial charge in [-0.25, -0.2) is 9.97 Å². The third-order valence-electron chi connectivity index (χ3n) is 3.31. The van der Waals surface area contributed by atoms with Crippen molar-refractivity contribution in [1.29, 1.82) is 0 Å². The molecule has 1 aromatic heterocycles. The van der Waals surface area contributed by atoms with Gasteiger partial charge in [0.25, 0.3) is 0 Å². The van der Waals surface area contributed by atoms with Gasteiger partial charge in [0.05, 0.1) is 11.4 Å². The van der Waals surface area contributed by atoms with E-state index in [1.807, 2.05) is 20.8 Å². The minimum Gasteiger partial charge on any atom is -0.368 e. The monoisotopic (exact) mass is 249 g/mol. The molecule has 0 bridgehead atoms. The van der Waals surface area contributed by atoms with Crippen LogP contribution in [0.3, 0.4) is 0 Å². The molecule has 100 valence electrons. The second-order valence-electron chi connectivity index (χ2n) is 5.56. The molecule has 2 rings (SSSR count). The van der Waals surface area contributed by atoms with E-state index in [4.69, 9.17) is 9.72 Å². The van der Waals surface area contributed by atoms with Gasteiger partial charge >= 0.3 is 0 Å². The maximum atomic E-state index is 5.76. The lowest BCUT2D eigenvalue weighted by Gasteiger charge is -2.25. The molecule has 0 spiro atoms. The number of nitrogens with zero attached hydrogens (tertiary/aromatic N) is 2. The highest BCUT2D eigenvalue weighted by molar-refractivity contribution is 5.32. The predicted molar refractivity (Wildman–Crippen MR) is 71.3 cm³/mol. The zero-order valence-corrected chi connectivity index (χ0v) is 12.0. The smallest absolute Gasteiger partial charge is 0.160 e. The van der Waals surface area contributed by atoms with Gasteiger partial charge in [-0.3, -0.25) is 0 Å². The van der Waals surface area contributed by atoms with Crippen molar-refractivity contribution in [3.8, 4) is 0 Å². The SMILES string of the molecule is CCOC(C)(C)c1nc2c(c(C(C)C)n1)CNC2. The Hall–Kier alpha value is -1.00. The van der Waals surface area contributed by atoms with E-state index in [0.717, 1.165) is 30.3 Å². The van der Waals surface area contributed by atoms with Crippen molar-refractivity contribution in [3.63, 3.8) is 0 Å². The Labute approximate surface area is 109 Å². The van der Waals surface area contributed by atoms with Gasteiger partial charge < -0.3 is 10.1 Å². The van der Waals surface area contributed by atoms with E-state index < -0.39 is 5.60 Å². The number of nitrogens with one attached hydrogen (secondary N) is 1. The third-order valence-corrected chi connectivity index (χ3v) is 3.31. The Balaban J connectivity index is 2.48. The zero-order valence-electron chi connectivity index (χ0n) is 12.0. The van der Waals surface area contributed by atoms with Crippen LogP contribution in [0.4, 0.5) is 0 Å². The van der Waals surface area contributed by atoms with Crippen molar-refractivity contribution in [2.45, 2.75) is 59.2 Å². The van der Waals surface area contributed by atoms with Gasteiger partial charge in [0.1, 0.15) is 5.60 Å². The van der Waals surface area contributed by atoms with Gasteiger partial charge in [0.2, 0.25) is 0 Å². The molecule has 0 atom stereocenters. The molecule has 1 N–H and O–H groups in total. The Bertz CT molecular complexity index is 441. The van der Waals surface area contributed by atoms with Crippen LogP contribution in [0, 0.1) is 0 Å². The van der Waals surface area contributed by atoms with E-state index >= 15 is 0 Å². The molecule has 0 amide bonds. The molecule has 0 saturated heterocycles. The lowest BCUT2D eigenvalue weighted by atomic mass is 10.0. The van der Waals surface area contributed by atoms with Gasteiger partial charge in [-0.15, -0.1) is 0 Å². The first-order valence-corrected chi connectivity index (χ1v) is 6.70. The van der Waals surface area contributed by atoms with Crippen LogP contribution in [0.5, 0.6) is 0 Å². The number of hydrogen-bond donors (Lipinski definition) is 1. The molecule has 0 saturated carbocycles. The summed E-state index contributed by atoms with van der Waals surface area (Å²) in [4.78, 5) is 9.45. The normalized spacial score (nSPS) is 15.2. The van der Waals surface area contributed by atoms with Crippen LogP contribution in [-0.2, 0) is 23.4 Å². The summed E-state index contributed by atoms with van der Waals surface area (Å²) in [5.74, 6) is 1.22. The number of rotatable bonds is 4. The van der Waals surface area contributed by atoms with Crippen molar-refractivity contribution >= 4 is 0 Å². The highest BCUT2D eigenvalue weighted by atomic mass is 16.5. The Morgan fingerprint density at radius 1 is 1.28 bits per heavy atom. The first-order chi connectivity index (χ1) is 8.45. The first kappa shape index (κ1) is 13.4. The number of hydrogen-bond acceptors (Lipinski definition) is 4. The summed E-state index contributed by atoms with van der Waals surface area (Å²) >= 11 is 0. The van der Waals surface area contributed by atoms with Crippen LogP contribution < -0.4 is 5.32 Å². The highest BCUT2D eigenvalue weighted by Gasteiger charge is 2.29. The van der Waals surface area contributed by atoms with Gasteiger partial charge in [-0.1, -0.05) is 13.8 Å². The summed E-state index contributed by atoms with van der Waals surface area (Å²) in [5.41, 5.74) is 3.15. The topological polar surface area (TPSA) is 47.0 Å². The molecule has 0 radical (unpaired) electrons. The van der Waals surface area contributed by atoms with Gasteiger partial charge in [0.15, 0.2) is 5.82 Å². The van der Waals surface area contributed by atoms with Crippen LogP contribution in [0.1, 0.15) is 63.3 Å². The van der Waals surface area contributed by atoms with Crippen molar-refractivity contribution in [2.24, 2.45) is 0 Å². The largest absolute Gasteiger partial charge is 0.368 e. The molecule has 2 heterocycles. The standard InChI is InChI=1S/C14H23N3O/c1-6-18-14(4,5)13-16-11-8-15-7-10(11)12(17-13)9(2)3/h9,15H,6-8H2,1-5H3. The average molecular weight is 249 g/mol. The quantitative estimate of drug-likeness (QED) is 0.890. The molecule has 1 aromatic rings. The minimum atomic E-state index is -0.421. The molecule has 0 unspecified atom stereocenters. The maximum Gasteiger partial charge on any atom is 0.160 e. The summed E-state index contributed by atoms with van der Waals surface area (Å²) in [6.45, 7) is 12.8. The lowest BCUT2D eigenvalue weighted by Crippen LogP contribution is -2.26. The van der Waals surface area contributed by atoms with Gasteiger partial charge in [0, 0.05) is 25.3 Å². The second kappa shape index (κ2) is 4.94. The summed E-state index contributed by atoms with van der Waals surface area (Å²) in [6, 6.07) is 0. The van der Waals surface area contributed by atoms with E-state index in [1.165, 1.54) is 5.56 Å². The first-order valence-electron chi connectivity index (χ1n) is 6.70. The number of aromatic nitrogens is 2. The average Bonchev–Trinajstić information content (AvgIpc) is 2.74. The maximum absolute atomic E-state index is 5.76. The molecule has 1 aliphatic rings. The molecular weight excluding hydrogens is 226 g/mol. The number of ether oxygens (including phenoxy) is 1. The molecule has 0 aliphatic carbocycles. The van der Waals surface area contributed by atoms with Gasteiger partial charge in [-0.05, 0) is 26.7 Å². The fourth-order valence-electron chi connectivity index (χ4n) is 2.37. The Morgan fingerprint density at radius 2 is 2.00 bits per heavy atom. The molecule has 18 heavy (non-hydrogen) atoms. The van der Waals surface area contributed by atoms with Crippen LogP contribution in [-0.4, -0.2) is 16.6 Å². The number of fused-ring (bicyclic) bond motifs is 1. The summed E-state index contributed by atoms with van der Waals surface area (Å²) in [7, 11) is 0. The Morgan fingerprint density at radius 3 is 2.61 bits per heavy atom. The van der Waals surface area contributed by atoms with E-state index in [2.05, 4.69) is 24.1 Å². The van der Waals surface area contributed by atoms with Crippen molar-refractivity contribution < 1.29 is 4.74 Å². The van der Waals surface area contributed by atoms with Crippen LogP contribution in [0.25, 0.3) is 0 Å². The molecular formula is C14H23N3O. The summed E-state index contributed by atoms with van der Waals surface area (Å²) < 4.78 is 5.76. The second-order valence-corrected chi connectivity index (χ2v) is 5.56. The fourth-order valence-corrected chi connectivity index (χ4v) is 2.37. The van der Waals surface area contributed by atoms with Gasteiger partial charge in [-0.2, -0.15) is 0 Å². The lowest BCUT2D eigenvalue weighted by molar-refractivity contribution is -0.0211. The van der Waals surface area contributed by atoms with E-state index in [-0.39, 0.29) is 0 Å². The zero-order chi connectivity index (χ0) is 13.3. The summed E-state index contributed by atoms with van der Waals surface area (Å²) in [5, 5.41) is 3.35. The third kappa shape index (κ3) is 2.40. The fraction of sp³-hybridized carbons (Fsp3) is 0.714. The van der Waals surface area contributed by atoms with Crippen LogP contribution >= 0.6 is 0 Å².